The molecular formula is C10H16O2. The van der Waals surface area contributed by atoms with Gasteiger partial charge in [0.05, 0.1) is 6.26 Å². The minimum Gasteiger partial charge on any atom is -0.515 e. The molecule has 2 nitrogen and oxygen atoms in total. The summed E-state index contributed by atoms with van der Waals surface area (Å²) in [4.78, 5) is 10.5. The average Bonchev–Trinajstić information content (AvgIpc) is 2.35. The van der Waals surface area contributed by atoms with Crippen LogP contribution >= 0.6 is 0 Å². The highest BCUT2D eigenvalue weighted by Crippen LogP contribution is 2.27. The molecule has 0 radical (unpaired) electrons. The number of carbonyl (C=O) groups excluding carboxylic acids is 1. The SMILES string of the molecule is O=C/C(=C/O)C1CCCCCC1. The van der Waals surface area contributed by atoms with E-state index < -0.39 is 0 Å². The third-order valence-corrected chi connectivity index (χ3v) is 2.61. The molecule has 1 N–H and O–H groups in total. The van der Waals surface area contributed by atoms with Gasteiger partial charge < -0.3 is 5.11 Å². The van der Waals surface area contributed by atoms with Crippen LogP contribution in [0, 0.1) is 5.92 Å². The lowest BCUT2D eigenvalue weighted by Crippen LogP contribution is -2.04. The van der Waals surface area contributed by atoms with Gasteiger partial charge in [0.25, 0.3) is 0 Å². The van der Waals surface area contributed by atoms with Crippen molar-refractivity contribution in [1.82, 2.24) is 0 Å². The Balaban J connectivity index is 2.52. The van der Waals surface area contributed by atoms with Crippen molar-refractivity contribution >= 4 is 6.29 Å². The Morgan fingerprint density at radius 2 is 1.75 bits per heavy atom. The van der Waals surface area contributed by atoms with Gasteiger partial charge in [-0.05, 0) is 18.8 Å². The molecule has 1 rings (SSSR count). The summed E-state index contributed by atoms with van der Waals surface area (Å²) in [7, 11) is 0. The molecule has 1 fully saturated rings. The zero-order chi connectivity index (χ0) is 8.81. The summed E-state index contributed by atoms with van der Waals surface area (Å²) < 4.78 is 0. The Labute approximate surface area is 73.3 Å². The van der Waals surface area contributed by atoms with Crippen LogP contribution in [0.25, 0.3) is 0 Å². The van der Waals surface area contributed by atoms with Crippen LogP contribution in [0.15, 0.2) is 11.8 Å². The Kier molecular flexibility index (Phi) is 3.85. The van der Waals surface area contributed by atoms with Crippen molar-refractivity contribution in [3.63, 3.8) is 0 Å². The molecule has 2 heteroatoms. The van der Waals surface area contributed by atoms with Gasteiger partial charge in [-0.3, -0.25) is 4.79 Å². The average molecular weight is 168 g/mol. The highest BCUT2D eigenvalue weighted by Gasteiger charge is 2.15. The summed E-state index contributed by atoms with van der Waals surface area (Å²) in [5.41, 5.74) is 0.580. The Morgan fingerprint density at radius 3 is 2.17 bits per heavy atom. The van der Waals surface area contributed by atoms with E-state index >= 15 is 0 Å². The van der Waals surface area contributed by atoms with Crippen molar-refractivity contribution in [2.75, 3.05) is 0 Å². The van der Waals surface area contributed by atoms with E-state index in [1.165, 1.54) is 25.7 Å². The van der Waals surface area contributed by atoms with Crippen LogP contribution in [-0.4, -0.2) is 11.4 Å². The number of allylic oxidation sites excluding steroid dienone is 1. The van der Waals surface area contributed by atoms with Gasteiger partial charge in [0.15, 0.2) is 0 Å². The standard InChI is InChI=1S/C10H16O2/c11-7-10(8-12)9-5-3-1-2-4-6-9/h7-9,11H,1-6H2/b10-7-. The molecule has 1 saturated carbocycles. The number of hydrogen-bond donors (Lipinski definition) is 1. The van der Waals surface area contributed by atoms with E-state index in [1.54, 1.807) is 0 Å². The molecule has 0 aliphatic heterocycles. The van der Waals surface area contributed by atoms with Crippen molar-refractivity contribution < 1.29 is 9.90 Å². The fraction of sp³-hybridized carbons (Fsp3) is 0.700. The number of rotatable bonds is 2. The molecule has 0 saturated heterocycles. The van der Waals surface area contributed by atoms with Gasteiger partial charge in [0, 0.05) is 5.57 Å². The molecule has 0 amide bonds. The third kappa shape index (κ3) is 2.36. The minimum absolute atomic E-state index is 0.315. The second-order valence-corrected chi connectivity index (χ2v) is 3.44. The number of aliphatic hydroxyl groups is 1. The van der Waals surface area contributed by atoms with Crippen LogP contribution in [0.1, 0.15) is 38.5 Å². The molecule has 68 valence electrons. The van der Waals surface area contributed by atoms with Crippen molar-refractivity contribution in [2.45, 2.75) is 38.5 Å². The predicted molar refractivity (Wildman–Crippen MR) is 48.0 cm³/mol. The minimum atomic E-state index is 0.315. The van der Waals surface area contributed by atoms with E-state index in [4.69, 9.17) is 5.11 Å². The summed E-state index contributed by atoms with van der Waals surface area (Å²) in [6.45, 7) is 0. The van der Waals surface area contributed by atoms with Crippen LogP contribution in [0.5, 0.6) is 0 Å². The maximum atomic E-state index is 10.5. The van der Waals surface area contributed by atoms with Crippen molar-refractivity contribution in [3.05, 3.63) is 11.8 Å². The van der Waals surface area contributed by atoms with Crippen molar-refractivity contribution in [1.29, 1.82) is 0 Å². The lowest BCUT2D eigenvalue weighted by molar-refractivity contribution is -0.105. The second kappa shape index (κ2) is 4.96. The van der Waals surface area contributed by atoms with Gasteiger partial charge in [0.2, 0.25) is 0 Å². The van der Waals surface area contributed by atoms with E-state index in [1.807, 2.05) is 0 Å². The van der Waals surface area contributed by atoms with Gasteiger partial charge in [-0.15, -0.1) is 0 Å². The van der Waals surface area contributed by atoms with Crippen LogP contribution in [0.3, 0.4) is 0 Å². The third-order valence-electron chi connectivity index (χ3n) is 2.61. The van der Waals surface area contributed by atoms with Crippen molar-refractivity contribution in [3.8, 4) is 0 Å². The first-order valence-corrected chi connectivity index (χ1v) is 4.68. The number of aldehydes is 1. The van der Waals surface area contributed by atoms with Crippen molar-refractivity contribution in [2.24, 2.45) is 5.92 Å². The molecule has 0 heterocycles. The summed E-state index contributed by atoms with van der Waals surface area (Å²) in [5, 5.41) is 8.78. The highest BCUT2D eigenvalue weighted by atomic mass is 16.2. The van der Waals surface area contributed by atoms with E-state index in [-0.39, 0.29) is 0 Å². The zero-order valence-electron chi connectivity index (χ0n) is 7.33. The molecule has 1 aliphatic carbocycles. The van der Waals surface area contributed by atoms with E-state index in [2.05, 4.69) is 0 Å². The van der Waals surface area contributed by atoms with Crippen LogP contribution in [0.2, 0.25) is 0 Å². The first-order valence-electron chi connectivity index (χ1n) is 4.68. The lowest BCUT2D eigenvalue weighted by atomic mass is 9.93. The zero-order valence-corrected chi connectivity index (χ0v) is 7.33. The number of aliphatic hydroxyl groups excluding tert-OH is 1. The summed E-state index contributed by atoms with van der Waals surface area (Å²) in [5.74, 6) is 0.315. The topological polar surface area (TPSA) is 37.3 Å². The largest absolute Gasteiger partial charge is 0.515 e. The first-order chi connectivity index (χ1) is 5.88. The molecule has 0 atom stereocenters. The Morgan fingerprint density at radius 1 is 1.17 bits per heavy atom. The molecule has 0 unspecified atom stereocenters. The molecule has 0 aromatic heterocycles. The molecule has 0 bridgehead atoms. The molecule has 12 heavy (non-hydrogen) atoms. The molecule has 1 aliphatic rings. The fourth-order valence-corrected chi connectivity index (χ4v) is 1.84. The van der Waals surface area contributed by atoms with Gasteiger partial charge in [0.1, 0.15) is 6.29 Å². The number of hydrogen-bond acceptors (Lipinski definition) is 2. The number of carbonyl (C=O) groups is 1. The Bertz CT molecular complexity index is 165. The quantitative estimate of drug-likeness (QED) is 0.298. The van der Waals surface area contributed by atoms with Crippen LogP contribution in [-0.2, 0) is 4.79 Å². The Hall–Kier alpha value is -0.790. The molecule has 0 spiro atoms. The second-order valence-electron chi connectivity index (χ2n) is 3.44. The van der Waals surface area contributed by atoms with E-state index in [0.717, 1.165) is 25.4 Å². The van der Waals surface area contributed by atoms with E-state index in [0.29, 0.717) is 11.5 Å². The summed E-state index contributed by atoms with van der Waals surface area (Å²) in [6, 6.07) is 0. The lowest BCUT2D eigenvalue weighted by Gasteiger charge is -2.11. The normalized spacial score (nSPS) is 21.8. The van der Waals surface area contributed by atoms with E-state index in [9.17, 15) is 4.79 Å². The maximum Gasteiger partial charge on any atom is 0.149 e. The van der Waals surface area contributed by atoms with Gasteiger partial charge in [-0.2, -0.15) is 0 Å². The molecule has 0 aromatic rings. The first kappa shape index (κ1) is 9.30. The van der Waals surface area contributed by atoms with Crippen LogP contribution < -0.4 is 0 Å². The van der Waals surface area contributed by atoms with Crippen LogP contribution in [0.4, 0.5) is 0 Å². The molecular weight excluding hydrogens is 152 g/mol. The predicted octanol–water partition coefficient (Wildman–Crippen LogP) is 2.60. The smallest absolute Gasteiger partial charge is 0.149 e. The van der Waals surface area contributed by atoms with Gasteiger partial charge >= 0.3 is 0 Å². The summed E-state index contributed by atoms with van der Waals surface area (Å²) >= 11 is 0. The maximum absolute atomic E-state index is 10.5. The highest BCUT2D eigenvalue weighted by molar-refractivity contribution is 5.73. The molecule has 0 aromatic carbocycles. The van der Waals surface area contributed by atoms with Gasteiger partial charge in [-0.25, -0.2) is 0 Å². The fourth-order valence-electron chi connectivity index (χ4n) is 1.84. The monoisotopic (exact) mass is 168 g/mol. The summed E-state index contributed by atoms with van der Waals surface area (Å²) in [6.07, 6.45) is 8.81. The van der Waals surface area contributed by atoms with Gasteiger partial charge in [-0.1, -0.05) is 25.7 Å².